The van der Waals surface area contributed by atoms with Gasteiger partial charge in [-0.2, -0.15) is 5.26 Å². The molecule has 2 rings (SSSR count). The van der Waals surface area contributed by atoms with Crippen LogP contribution in [0.2, 0.25) is 0 Å². The van der Waals surface area contributed by atoms with E-state index in [2.05, 4.69) is 15.6 Å². The Morgan fingerprint density at radius 2 is 1.95 bits per heavy atom. The molecule has 0 aliphatic carbocycles. The lowest BCUT2D eigenvalue weighted by molar-refractivity contribution is -0.245. The SMILES string of the molecule is CC1(C)CC(N=C(NC#N)Nc2ccccc2)C(C)(C)N1[O]. The van der Waals surface area contributed by atoms with Crippen LogP contribution in [0.15, 0.2) is 35.3 Å². The molecular formula is C16H22N5O. The summed E-state index contributed by atoms with van der Waals surface area (Å²) < 4.78 is 0. The molecule has 1 unspecified atom stereocenters. The molecule has 1 aliphatic heterocycles. The van der Waals surface area contributed by atoms with Gasteiger partial charge >= 0.3 is 0 Å². The van der Waals surface area contributed by atoms with Crippen LogP contribution < -0.4 is 10.6 Å². The second-order valence-corrected chi connectivity index (χ2v) is 6.69. The van der Waals surface area contributed by atoms with Gasteiger partial charge in [0.1, 0.15) is 0 Å². The van der Waals surface area contributed by atoms with Crippen molar-refractivity contribution in [3.05, 3.63) is 30.3 Å². The molecule has 1 radical (unpaired) electrons. The van der Waals surface area contributed by atoms with Crippen LogP contribution in [0.4, 0.5) is 5.69 Å². The predicted octanol–water partition coefficient (Wildman–Crippen LogP) is 2.50. The Hall–Kier alpha value is -2.10. The van der Waals surface area contributed by atoms with Crippen LogP contribution in [0.5, 0.6) is 0 Å². The summed E-state index contributed by atoms with van der Waals surface area (Å²) in [5.74, 6) is 0.359. The van der Waals surface area contributed by atoms with Crippen LogP contribution >= 0.6 is 0 Å². The number of anilines is 1. The fourth-order valence-electron chi connectivity index (χ4n) is 2.89. The minimum Gasteiger partial charge on any atom is -0.326 e. The Bertz CT molecular complexity index is 588. The van der Waals surface area contributed by atoms with Gasteiger partial charge in [0.15, 0.2) is 6.19 Å². The molecule has 1 atom stereocenters. The molecule has 117 valence electrons. The molecule has 0 bridgehead atoms. The Kier molecular flexibility index (Phi) is 4.40. The first-order chi connectivity index (χ1) is 10.3. The van der Waals surface area contributed by atoms with E-state index in [-0.39, 0.29) is 6.04 Å². The average Bonchev–Trinajstić information content (AvgIpc) is 2.60. The minimum atomic E-state index is -0.621. The summed E-state index contributed by atoms with van der Waals surface area (Å²) in [7, 11) is 0. The monoisotopic (exact) mass is 300 g/mol. The maximum absolute atomic E-state index is 12.4. The van der Waals surface area contributed by atoms with Crippen molar-refractivity contribution in [2.75, 3.05) is 5.32 Å². The Balaban J connectivity index is 2.25. The number of rotatable bonds is 2. The maximum Gasteiger partial charge on any atom is 0.209 e. The molecule has 6 nitrogen and oxygen atoms in total. The lowest BCUT2D eigenvalue weighted by atomic mass is 9.95. The van der Waals surface area contributed by atoms with Crippen molar-refractivity contribution < 1.29 is 5.21 Å². The first kappa shape index (κ1) is 16.3. The molecule has 0 saturated carbocycles. The molecule has 1 aromatic carbocycles. The van der Waals surface area contributed by atoms with Gasteiger partial charge in [0.2, 0.25) is 5.96 Å². The number of nitrogens with zero attached hydrogens (tertiary/aromatic N) is 3. The largest absolute Gasteiger partial charge is 0.326 e. The van der Waals surface area contributed by atoms with Gasteiger partial charge in [0, 0.05) is 11.2 Å². The van der Waals surface area contributed by atoms with Crippen molar-refractivity contribution in [2.45, 2.75) is 51.2 Å². The number of benzene rings is 1. The lowest BCUT2D eigenvalue weighted by Crippen LogP contribution is -2.47. The number of nitriles is 1. The Labute approximate surface area is 131 Å². The maximum atomic E-state index is 12.4. The van der Waals surface area contributed by atoms with E-state index in [1.54, 1.807) is 0 Å². The molecule has 1 aromatic rings. The normalized spacial score (nSPS) is 23.8. The van der Waals surface area contributed by atoms with Crippen LogP contribution in [-0.2, 0) is 5.21 Å². The number of hydrogen-bond acceptors (Lipinski definition) is 3. The van der Waals surface area contributed by atoms with Crippen molar-refractivity contribution in [3.63, 3.8) is 0 Å². The fourth-order valence-corrected chi connectivity index (χ4v) is 2.89. The van der Waals surface area contributed by atoms with Gasteiger partial charge in [-0.3, -0.25) is 5.32 Å². The third-order valence-electron chi connectivity index (χ3n) is 4.08. The van der Waals surface area contributed by atoms with Gasteiger partial charge in [0.25, 0.3) is 0 Å². The molecule has 2 N–H and O–H groups in total. The molecule has 0 amide bonds. The molecule has 1 aliphatic rings. The molecular weight excluding hydrogens is 278 g/mol. The van der Waals surface area contributed by atoms with E-state index in [1.165, 1.54) is 0 Å². The number of aliphatic imine (C=N–C) groups is 1. The van der Waals surface area contributed by atoms with Crippen LogP contribution in [-0.4, -0.2) is 28.1 Å². The second kappa shape index (κ2) is 5.95. The molecule has 1 fully saturated rings. The first-order valence-electron chi connectivity index (χ1n) is 7.30. The Morgan fingerprint density at radius 1 is 1.32 bits per heavy atom. The summed E-state index contributed by atoms with van der Waals surface area (Å²) in [6.45, 7) is 7.60. The first-order valence-corrected chi connectivity index (χ1v) is 7.30. The summed E-state index contributed by atoms with van der Waals surface area (Å²) in [6.07, 6.45) is 2.52. The zero-order valence-electron chi connectivity index (χ0n) is 13.4. The van der Waals surface area contributed by atoms with Crippen LogP contribution in [0.25, 0.3) is 0 Å². The van der Waals surface area contributed by atoms with Gasteiger partial charge in [-0.05, 0) is 46.2 Å². The van der Waals surface area contributed by atoms with Gasteiger partial charge in [-0.1, -0.05) is 18.2 Å². The van der Waals surface area contributed by atoms with E-state index in [0.29, 0.717) is 12.4 Å². The number of hydrogen-bond donors (Lipinski definition) is 2. The van der Waals surface area contributed by atoms with Gasteiger partial charge in [-0.15, -0.1) is 10.3 Å². The third-order valence-corrected chi connectivity index (χ3v) is 4.08. The van der Waals surface area contributed by atoms with Crippen molar-refractivity contribution in [1.82, 2.24) is 10.4 Å². The van der Waals surface area contributed by atoms with E-state index < -0.39 is 11.1 Å². The quantitative estimate of drug-likeness (QED) is 0.380. The van der Waals surface area contributed by atoms with E-state index in [4.69, 9.17) is 5.26 Å². The van der Waals surface area contributed by atoms with E-state index in [9.17, 15) is 5.21 Å². The third kappa shape index (κ3) is 3.21. The second-order valence-electron chi connectivity index (χ2n) is 6.69. The summed E-state index contributed by atoms with van der Waals surface area (Å²) in [5, 5.41) is 28.1. The molecule has 22 heavy (non-hydrogen) atoms. The molecule has 0 aromatic heterocycles. The highest BCUT2D eigenvalue weighted by Crippen LogP contribution is 2.41. The average molecular weight is 300 g/mol. The summed E-state index contributed by atoms with van der Waals surface area (Å²) in [6, 6.07) is 9.28. The topological polar surface area (TPSA) is 83.3 Å². The highest BCUT2D eigenvalue weighted by atomic mass is 16.5. The fraction of sp³-hybridized carbons (Fsp3) is 0.500. The summed E-state index contributed by atoms with van der Waals surface area (Å²) >= 11 is 0. The van der Waals surface area contributed by atoms with E-state index in [1.807, 2.05) is 64.2 Å². The summed E-state index contributed by atoms with van der Waals surface area (Å²) in [5.41, 5.74) is -0.259. The van der Waals surface area contributed by atoms with Crippen molar-refractivity contribution >= 4 is 11.6 Å². The smallest absolute Gasteiger partial charge is 0.209 e. The van der Waals surface area contributed by atoms with Gasteiger partial charge in [-0.25, -0.2) is 4.99 Å². The standard InChI is InChI=1S/C16H22N5O/c1-15(2)10-13(16(3,4)21(15)22)20-14(18-11-17)19-12-8-6-5-7-9-12/h5-9,13H,10H2,1-4H3,(H2,18,19,20). The van der Waals surface area contributed by atoms with Crippen LogP contribution in [0, 0.1) is 11.5 Å². The molecule has 1 saturated heterocycles. The van der Waals surface area contributed by atoms with E-state index >= 15 is 0 Å². The predicted molar refractivity (Wildman–Crippen MR) is 85.3 cm³/mol. The Morgan fingerprint density at radius 3 is 2.45 bits per heavy atom. The van der Waals surface area contributed by atoms with Crippen molar-refractivity contribution in [3.8, 4) is 6.19 Å². The highest BCUT2D eigenvalue weighted by Gasteiger charge is 2.52. The lowest BCUT2D eigenvalue weighted by Gasteiger charge is -2.32. The minimum absolute atomic E-state index is 0.202. The number of hydroxylamine groups is 2. The zero-order valence-corrected chi connectivity index (χ0v) is 13.4. The van der Waals surface area contributed by atoms with E-state index in [0.717, 1.165) is 10.8 Å². The molecule has 0 spiro atoms. The number of nitrogens with one attached hydrogen (secondary N) is 2. The van der Waals surface area contributed by atoms with Crippen LogP contribution in [0.1, 0.15) is 34.1 Å². The van der Waals surface area contributed by atoms with Crippen molar-refractivity contribution in [2.24, 2.45) is 4.99 Å². The highest BCUT2D eigenvalue weighted by molar-refractivity contribution is 5.94. The van der Waals surface area contributed by atoms with Crippen LogP contribution in [0.3, 0.4) is 0 Å². The number of para-hydroxylation sites is 1. The molecule has 1 heterocycles. The van der Waals surface area contributed by atoms with Gasteiger partial charge in [0.05, 0.1) is 11.6 Å². The zero-order chi connectivity index (χ0) is 16.4. The van der Waals surface area contributed by atoms with Crippen molar-refractivity contribution in [1.29, 1.82) is 5.26 Å². The summed E-state index contributed by atoms with van der Waals surface area (Å²) in [4.78, 5) is 4.59. The number of guanidine groups is 1. The molecule has 6 heteroatoms. The van der Waals surface area contributed by atoms with Gasteiger partial charge < -0.3 is 5.32 Å².